The fourth-order valence-electron chi connectivity index (χ4n) is 3.90. The minimum Gasteiger partial charge on any atom is -0.336 e. The summed E-state index contributed by atoms with van der Waals surface area (Å²) in [5, 5.41) is 8.10. The van der Waals surface area contributed by atoms with Crippen LogP contribution in [0.25, 0.3) is 22.0 Å². The third-order valence-electron chi connectivity index (χ3n) is 5.70. The highest BCUT2D eigenvalue weighted by Gasteiger charge is 2.26. The van der Waals surface area contributed by atoms with Crippen molar-refractivity contribution >= 4 is 40.0 Å². The normalized spacial score (nSPS) is 15.3. The predicted molar refractivity (Wildman–Crippen MR) is 119 cm³/mol. The lowest BCUT2D eigenvalue weighted by molar-refractivity contribution is 0.0595. The first kappa shape index (κ1) is 20.9. The summed E-state index contributed by atoms with van der Waals surface area (Å²) in [6, 6.07) is 3.77. The molecular weight excluding hydrogens is 425 g/mol. The highest BCUT2D eigenvalue weighted by molar-refractivity contribution is 6.38. The Hall–Kier alpha value is -2.35. The summed E-state index contributed by atoms with van der Waals surface area (Å²) in [7, 11) is 1.66. The van der Waals surface area contributed by atoms with Gasteiger partial charge >= 0.3 is 0 Å². The number of fused-ring (bicyclic) bond motifs is 1. The molecule has 0 bridgehead atoms. The molecule has 3 aromatic rings. The van der Waals surface area contributed by atoms with E-state index in [0.29, 0.717) is 51.2 Å². The summed E-state index contributed by atoms with van der Waals surface area (Å²) in [5.74, 6) is -0.120. The van der Waals surface area contributed by atoms with Crippen molar-refractivity contribution in [3.05, 3.63) is 50.5 Å². The van der Waals surface area contributed by atoms with Gasteiger partial charge in [0.2, 0.25) is 0 Å². The highest BCUT2D eigenvalue weighted by atomic mass is 35.5. The Bertz CT molecular complexity index is 1180. The standard InChI is InChI=1S/C21H23Cl2N5O2/c1-12(2)27-4-6-28(7-5-27)20(29)14-9-17(22)13(8-18(14)23)16-11-26(3)21(30)19-15(16)10-24-25-19/h8-12H,4-7H2,1-3H3,(H,24,25). The molecule has 0 aliphatic carbocycles. The molecule has 1 amide bonds. The van der Waals surface area contributed by atoms with Gasteiger partial charge in [-0.1, -0.05) is 23.2 Å². The van der Waals surface area contributed by atoms with Crippen LogP contribution in [-0.2, 0) is 7.05 Å². The first-order chi connectivity index (χ1) is 14.3. The summed E-state index contributed by atoms with van der Waals surface area (Å²) < 4.78 is 1.47. The van der Waals surface area contributed by atoms with Crippen molar-refractivity contribution < 1.29 is 4.79 Å². The average molecular weight is 448 g/mol. The lowest BCUT2D eigenvalue weighted by Crippen LogP contribution is -2.50. The molecule has 0 radical (unpaired) electrons. The van der Waals surface area contributed by atoms with Crippen LogP contribution in [0.2, 0.25) is 10.0 Å². The summed E-state index contributed by atoms with van der Waals surface area (Å²) in [4.78, 5) is 29.5. The van der Waals surface area contributed by atoms with Gasteiger partial charge in [-0.25, -0.2) is 0 Å². The third-order valence-corrected chi connectivity index (χ3v) is 6.32. The predicted octanol–water partition coefficient (Wildman–Crippen LogP) is 3.40. The Morgan fingerprint density at radius 3 is 2.47 bits per heavy atom. The van der Waals surface area contributed by atoms with Gasteiger partial charge < -0.3 is 9.47 Å². The van der Waals surface area contributed by atoms with E-state index in [1.807, 2.05) is 4.90 Å². The van der Waals surface area contributed by atoms with E-state index in [1.165, 1.54) is 4.57 Å². The zero-order valence-corrected chi connectivity index (χ0v) is 18.6. The van der Waals surface area contributed by atoms with Gasteiger partial charge in [0.1, 0.15) is 5.52 Å². The number of pyridine rings is 1. The van der Waals surface area contributed by atoms with Crippen LogP contribution in [0.3, 0.4) is 0 Å². The second-order valence-electron chi connectivity index (χ2n) is 7.85. The molecule has 3 heterocycles. The SMILES string of the molecule is CC(C)N1CCN(C(=O)c2cc(Cl)c(-c3cn(C)c(=O)c4[nH]ncc34)cc2Cl)CC1. The molecule has 2 aromatic heterocycles. The molecule has 1 aliphatic heterocycles. The molecule has 0 atom stereocenters. The van der Waals surface area contributed by atoms with Crippen molar-refractivity contribution in [2.24, 2.45) is 7.05 Å². The fraction of sp³-hybridized carbons (Fsp3) is 0.381. The number of nitrogens with zero attached hydrogens (tertiary/aromatic N) is 4. The quantitative estimate of drug-likeness (QED) is 0.667. The number of hydrogen-bond donors (Lipinski definition) is 1. The molecule has 1 fully saturated rings. The number of amides is 1. The van der Waals surface area contributed by atoms with Crippen LogP contribution in [0.4, 0.5) is 0 Å². The Kier molecular flexibility index (Phi) is 5.61. The maximum atomic E-state index is 13.1. The van der Waals surface area contributed by atoms with E-state index < -0.39 is 0 Å². The van der Waals surface area contributed by atoms with E-state index in [-0.39, 0.29) is 11.5 Å². The van der Waals surface area contributed by atoms with Crippen LogP contribution >= 0.6 is 23.2 Å². The van der Waals surface area contributed by atoms with Gasteiger partial charge in [-0.15, -0.1) is 0 Å². The lowest BCUT2D eigenvalue weighted by atomic mass is 10.0. The Morgan fingerprint density at radius 2 is 1.80 bits per heavy atom. The number of halogens is 2. The monoisotopic (exact) mass is 447 g/mol. The van der Waals surface area contributed by atoms with Gasteiger partial charge in [-0.05, 0) is 26.0 Å². The summed E-state index contributed by atoms with van der Waals surface area (Å²) in [5.41, 5.74) is 1.96. The van der Waals surface area contributed by atoms with Crippen LogP contribution in [0, 0.1) is 0 Å². The molecule has 0 spiro atoms. The zero-order valence-electron chi connectivity index (χ0n) is 17.1. The van der Waals surface area contributed by atoms with Crippen molar-refractivity contribution in [3.63, 3.8) is 0 Å². The second kappa shape index (κ2) is 8.06. The van der Waals surface area contributed by atoms with E-state index in [0.717, 1.165) is 18.7 Å². The molecule has 158 valence electrons. The number of benzene rings is 1. The smallest absolute Gasteiger partial charge is 0.276 e. The van der Waals surface area contributed by atoms with Crippen LogP contribution in [-0.4, -0.2) is 62.7 Å². The van der Waals surface area contributed by atoms with Gasteiger partial charge in [0.05, 0.1) is 16.8 Å². The van der Waals surface area contributed by atoms with E-state index in [4.69, 9.17) is 23.2 Å². The molecular formula is C21H23Cl2N5O2. The number of nitrogens with one attached hydrogen (secondary N) is 1. The maximum absolute atomic E-state index is 13.1. The summed E-state index contributed by atoms with van der Waals surface area (Å²) in [6.07, 6.45) is 3.29. The highest BCUT2D eigenvalue weighted by Crippen LogP contribution is 2.36. The molecule has 7 nitrogen and oxygen atoms in total. The van der Waals surface area contributed by atoms with Gasteiger partial charge in [0.15, 0.2) is 0 Å². The molecule has 1 aliphatic rings. The number of carbonyl (C=O) groups excluding carboxylic acids is 1. The van der Waals surface area contributed by atoms with Crippen LogP contribution in [0.5, 0.6) is 0 Å². The first-order valence-electron chi connectivity index (χ1n) is 9.83. The molecule has 0 unspecified atom stereocenters. The van der Waals surface area contributed by atoms with Gasteiger partial charge in [0, 0.05) is 67.0 Å². The molecule has 30 heavy (non-hydrogen) atoms. The topological polar surface area (TPSA) is 74.2 Å². The Labute approximate surface area is 184 Å². The lowest BCUT2D eigenvalue weighted by Gasteiger charge is -2.37. The van der Waals surface area contributed by atoms with E-state index >= 15 is 0 Å². The minimum atomic E-state index is -0.180. The summed E-state index contributed by atoms with van der Waals surface area (Å²) in [6.45, 7) is 7.30. The van der Waals surface area contributed by atoms with E-state index in [2.05, 4.69) is 28.9 Å². The molecule has 1 aromatic carbocycles. The zero-order chi connectivity index (χ0) is 21.6. The molecule has 4 rings (SSSR count). The Balaban J connectivity index is 1.69. The van der Waals surface area contributed by atoms with Crippen molar-refractivity contribution in [3.8, 4) is 11.1 Å². The number of hydrogen-bond acceptors (Lipinski definition) is 4. The van der Waals surface area contributed by atoms with Gasteiger partial charge in [0.25, 0.3) is 11.5 Å². The van der Waals surface area contributed by atoms with Gasteiger partial charge in [-0.3, -0.25) is 19.6 Å². The minimum absolute atomic E-state index is 0.120. The number of piperazine rings is 1. The van der Waals surface area contributed by atoms with Crippen LogP contribution in [0.15, 0.2) is 29.3 Å². The van der Waals surface area contributed by atoms with E-state index in [9.17, 15) is 9.59 Å². The molecule has 0 saturated carbocycles. The molecule has 1 N–H and O–H groups in total. The number of aromatic nitrogens is 3. The first-order valence-corrected chi connectivity index (χ1v) is 10.6. The Morgan fingerprint density at radius 1 is 1.10 bits per heavy atom. The molecule has 9 heteroatoms. The number of rotatable bonds is 3. The largest absolute Gasteiger partial charge is 0.336 e. The van der Waals surface area contributed by atoms with E-state index in [1.54, 1.807) is 31.6 Å². The fourth-order valence-corrected chi connectivity index (χ4v) is 4.41. The summed E-state index contributed by atoms with van der Waals surface area (Å²) >= 11 is 13.1. The van der Waals surface area contributed by atoms with Crippen molar-refractivity contribution in [1.29, 1.82) is 0 Å². The third kappa shape index (κ3) is 3.62. The number of H-pyrrole nitrogens is 1. The maximum Gasteiger partial charge on any atom is 0.276 e. The number of carbonyl (C=O) groups is 1. The molecule has 1 saturated heterocycles. The van der Waals surface area contributed by atoms with Crippen molar-refractivity contribution in [1.82, 2.24) is 24.6 Å². The number of aryl methyl sites for hydroxylation is 1. The van der Waals surface area contributed by atoms with Crippen molar-refractivity contribution in [2.75, 3.05) is 26.2 Å². The van der Waals surface area contributed by atoms with Gasteiger partial charge in [-0.2, -0.15) is 5.10 Å². The van der Waals surface area contributed by atoms with Crippen LogP contribution < -0.4 is 5.56 Å². The number of aromatic amines is 1. The van der Waals surface area contributed by atoms with Crippen LogP contribution in [0.1, 0.15) is 24.2 Å². The van der Waals surface area contributed by atoms with Crippen molar-refractivity contribution in [2.45, 2.75) is 19.9 Å². The second-order valence-corrected chi connectivity index (χ2v) is 8.67. The average Bonchev–Trinajstić information content (AvgIpc) is 3.22.